The lowest BCUT2D eigenvalue weighted by molar-refractivity contribution is -0.133. The van der Waals surface area contributed by atoms with Gasteiger partial charge in [0.25, 0.3) is 0 Å². The van der Waals surface area contributed by atoms with E-state index in [0.29, 0.717) is 24.9 Å². The molecule has 1 aromatic carbocycles. The number of aliphatic hydroxyl groups is 1. The largest absolute Gasteiger partial charge is 0.393 e. The fourth-order valence-corrected chi connectivity index (χ4v) is 3.60. The summed E-state index contributed by atoms with van der Waals surface area (Å²) in [5.74, 6) is -2.12. The van der Waals surface area contributed by atoms with Gasteiger partial charge in [-0.15, -0.1) is 0 Å². The molecule has 22 heavy (non-hydrogen) atoms. The van der Waals surface area contributed by atoms with Crippen molar-refractivity contribution in [1.82, 2.24) is 4.90 Å². The van der Waals surface area contributed by atoms with E-state index >= 15 is 0 Å². The van der Waals surface area contributed by atoms with Crippen molar-refractivity contribution in [3.05, 3.63) is 35.4 Å². The molecule has 1 saturated carbocycles. The fourth-order valence-electron chi connectivity index (χ4n) is 3.60. The Morgan fingerprint density at radius 2 is 2.23 bits per heavy atom. The summed E-state index contributed by atoms with van der Waals surface area (Å²) >= 11 is 0. The molecular weight excluding hydrogens is 288 g/mol. The predicted molar refractivity (Wildman–Crippen MR) is 78.2 cm³/mol. The zero-order chi connectivity index (χ0) is 15.9. The molecule has 1 aliphatic carbocycles. The van der Waals surface area contributed by atoms with Gasteiger partial charge in [0.2, 0.25) is 5.91 Å². The smallest absolute Gasteiger partial charge is 0.226 e. The van der Waals surface area contributed by atoms with E-state index in [0.717, 1.165) is 18.9 Å². The topological polar surface area (TPSA) is 40.5 Å². The Balaban J connectivity index is 1.69. The van der Waals surface area contributed by atoms with Crippen LogP contribution in [0.25, 0.3) is 0 Å². The lowest BCUT2D eigenvalue weighted by Gasteiger charge is -2.26. The minimum Gasteiger partial charge on any atom is -0.393 e. The van der Waals surface area contributed by atoms with Crippen LogP contribution in [-0.2, 0) is 4.79 Å². The lowest BCUT2D eigenvalue weighted by atomic mass is 10.1. The molecule has 3 nitrogen and oxygen atoms in total. The molecule has 1 N–H and O–H groups in total. The monoisotopic (exact) mass is 309 g/mol. The Hall–Kier alpha value is -1.49. The first-order valence-electron chi connectivity index (χ1n) is 7.91. The molecule has 3 rings (SSSR count). The van der Waals surface area contributed by atoms with E-state index in [4.69, 9.17) is 0 Å². The van der Waals surface area contributed by atoms with Crippen molar-refractivity contribution in [2.24, 2.45) is 5.92 Å². The summed E-state index contributed by atoms with van der Waals surface area (Å²) in [5.41, 5.74) is 0.310. The fraction of sp³-hybridized carbons (Fsp3) is 0.588. The average Bonchev–Trinajstić information content (AvgIpc) is 3.13. The Morgan fingerprint density at radius 3 is 2.95 bits per heavy atom. The summed E-state index contributed by atoms with van der Waals surface area (Å²) in [6.45, 7) is 2.42. The average molecular weight is 309 g/mol. The first kappa shape index (κ1) is 15.4. The number of likely N-dealkylation sites (tertiary alicyclic amines) is 1. The molecule has 4 atom stereocenters. The molecule has 2 aliphatic rings. The second-order valence-corrected chi connectivity index (χ2v) is 6.50. The van der Waals surface area contributed by atoms with Gasteiger partial charge < -0.3 is 10.0 Å². The second kappa shape index (κ2) is 5.95. The number of carbonyl (C=O) groups excluding carboxylic acids is 1. The van der Waals surface area contributed by atoms with Crippen molar-refractivity contribution in [2.45, 2.75) is 50.7 Å². The van der Waals surface area contributed by atoms with E-state index in [1.807, 2.05) is 4.90 Å². The number of nitrogens with zero attached hydrogens (tertiary/aromatic N) is 1. The van der Waals surface area contributed by atoms with Gasteiger partial charge in [-0.05, 0) is 50.2 Å². The molecule has 0 radical (unpaired) electrons. The lowest BCUT2D eigenvalue weighted by Crippen LogP contribution is -2.38. The Morgan fingerprint density at radius 1 is 1.45 bits per heavy atom. The molecule has 1 heterocycles. The van der Waals surface area contributed by atoms with Crippen molar-refractivity contribution in [3.63, 3.8) is 0 Å². The highest BCUT2D eigenvalue weighted by atomic mass is 19.2. The van der Waals surface area contributed by atoms with Crippen LogP contribution in [0.15, 0.2) is 18.2 Å². The van der Waals surface area contributed by atoms with Crippen LogP contribution in [0.5, 0.6) is 0 Å². The van der Waals surface area contributed by atoms with Crippen molar-refractivity contribution >= 4 is 5.91 Å². The van der Waals surface area contributed by atoms with Crippen LogP contribution in [0.2, 0.25) is 0 Å². The van der Waals surface area contributed by atoms with Crippen molar-refractivity contribution in [1.29, 1.82) is 0 Å². The zero-order valence-corrected chi connectivity index (χ0v) is 12.6. The first-order valence-corrected chi connectivity index (χ1v) is 7.91. The number of hydrogen-bond acceptors (Lipinski definition) is 2. The number of amides is 1. The standard InChI is InChI=1S/C17H21F2NO2/c1-10(21)8-11-4-3-7-20(11)17(22)14-9-13(14)12-5-2-6-15(18)16(12)19/h2,5-6,10-11,13-14,21H,3-4,7-9H2,1H3. The molecule has 1 aromatic rings. The molecule has 1 amide bonds. The Labute approximate surface area is 128 Å². The van der Waals surface area contributed by atoms with Gasteiger partial charge in [-0.1, -0.05) is 12.1 Å². The third kappa shape index (κ3) is 2.86. The van der Waals surface area contributed by atoms with Crippen LogP contribution >= 0.6 is 0 Å². The molecule has 4 unspecified atom stereocenters. The van der Waals surface area contributed by atoms with Gasteiger partial charge in [0.15, 0.2) is 11.6 Å². The SMILES string of the molecule is CC(O)CC1CCCN1C(=O)C1CC1c1cccc(F)c1F. The molecule has 1 aliphatic heterocycles. The van der Waals surface area contributed by atoms with Crippen LogP contribution in [-0.4, -0.2) is 34.6 Å². The van der Waals surface area contributed by atoms with E-state index in [1.165, 1.54) is 6.07 Å². The van der Waals surface area contributed by atoms with Crippen LogP contribution in [0.1, 0.15) is 44.1 Å². The number of aliphatic hydroxyl groups excluding tert-OH is 1. The molecule has 0 bridgehead atoms. The molecule has 120 valence electrons. The van der Waals surface area contributed by atoms with Gasteiger partial charge in [-0.25, -0.2) is 8.78 Å². The predicted octanol–water partition coefficient (Wildman–Crippen LogP) is 2.83. The van der Waals surface area contributed by atoms with Crippen LogP contribution in [0, 0.1) is 17.6 Å². The van der Waals surface area contributed by atoms with Gasteiger partial charge in [0, 0.05) is 18.5 Å². The molecular formula is C17H21F2NO2. The molecule has 0 aromatic heterocycles. The number of rotatable bonds is 4. The maximum Gasteiger partial charge on any atom is 0.226 e. The molecule has 5 heteroatoms. The summed E-state index contributed by atoms with van der Waals surface area (Å²) in [7, 11) is 0. The first-order chi connectivity index (χ1) is 10.5. The minimum atomic E-state index is -0.858. The highest BCUT2D eigenvalue weighted by molar-refractivity contribution is 5.83. The normalized spacial score (nSPS) is 28.7. The van der Waals surface area contributed by atoms with Crippen molar-refractivity contribution in [3.8, 4) is 0 Å². The van der Waals surface area contributed by atoms with E-state index < -0.39 is 17.7 Å². The summed E-state index contributed by atoms with van der Waals surface area (Å²) in [6, 6.07) is 4.22. The minimum absolute atomic E-state index is 0.0248. The van der Waals surface area contributed by atoms with Crippen LogP contribution in [0.4, 0.5) is 8.78 Å². The highest BCUT2D eigenvalue weighted by Crippen LogP contribution is 2.50. The summed E-state index contributed by atoms with van der Waals surface area (Å²) < 4.78 is 27.1. The van der Waals surface area contributed by atoms with Gasteiger partial charge >= 0.3 is 0 Å². The number of hydrogen-bond donors (Lipinski definition) is 1. The maximum atomic E-state index is 13.8. The zero-order valence-electron chi connectivity index (χ0n) is 12.6. The summed E-state index contributed by atoms with van der Waals surface area (Å²) in [6.07, 6.45) is 2.57. The van der Waals surface area contributed by atoms with E-state index in [1.54, 1.807) is 13.0 Å². The van der Waals surface area contributed by atoms with Crippen LogP contribution < -0.4 is 0 Å². The maximum absolute atomic E-state index is 13.8. The Bertz CT molecular complexity index is 576. The van der Waals surface area contributed by atoms with E-state index in [-0.39, 0.29) is 23.8 Å². The van der Waals surface area contributed by atoms with Gasteiger partial charge in [0.1, 0.15) is 0 Å². The van der Waals surface area contributed by atoms with Gasteiger partial charge in [-0.2, -0.15) is 0 Å². The third-order valence-electron chi connectivity index (χ3n) is 4.76. The second-order valence-electron chi connectivity index (χ2n) is 6.50. The number of halogens is 2. The quantitative estimate of drug-likeness (QED) is 0.929. The van der Waals surface area contributed by atoms with Crippen molar-refractivity contribution < 1.29 is 18.7 Å². The van der Waals surface area contributed by atoms with E-state index in [9.17, 15) is 18.7 Å². The van der Waals surface area contributed by atoms with Crippen molar-refractivity contribution in [2.75, 3.05) is 6.54 Å². The summed E-state index contributed by atoms with van der Waals surface area (Å²) in [5, 5.41) is 9.53. The van der Waals surface area contributed by atoms with Gasteiger partial charge in [-0.3, -0.25) is 4.79 Å². The number of benzene rings is 1. The van der Waals surface area contributed by atoms with E-state index in [2.05, 4.69) is 0 Å². The summed E-state index contributed by atoms with van der Waals surface area (Å²) in [4.78, 5) is 14.4. The molecule has 2 fully saturated rings. The molecule has 0 spiro atoms. The number of carbonyl (C=O) groups is 1. The van der Waals surface area contributed by atoms with Gasteiger partial charge in [0.05, 0.1) is 6.10 Å². The third-order valence-corrected chi connectivity index (χ3v) is 4.76. The molecule has 1 saturated heterocycles. The Kier molecular flexibility index (Phi) is 4.17. The highest BCUT2D eigenvalue weighted by Gasteiger charge is 2.48. The van der Waals surface area contributed by atoms with Crippen LogP contribution in [0.3, 0.4) is 0 Å².